The number of sulfonamides is 1. The van der Waals surface area contributed by atoms with Crippen molar-refractivity contribution in [3.63, 3.8) is 0 Å². The van der Waals surface area contributed by atoms with Crippen molar-refractivity contribution < 1.29 is 8.42 Å². The molecule has 3 nitrogen and oxygen atoms in total. The summed E-state index contributed by atoms with van der Waals surface area (Å²) in [5.74, 6) is 0.859. The van der Waals surface area contributed by atoms with Crippen LogP contribution in [0.5, 0.6) is 0 Å². The molecule has 0 bridgehead atoms. The van der Waals surface area contributed by atoms with Gasteiger partial charge in [-0.25, -0.2) is 8.42 Å². The minimum atomic E-state index is -3.45. The van der Waals surface area contributed by atoms with Gasteiger partial charge in [0.1, 0.15) is 0 Å². The van der Waals surface area contributed by atoms with Crippen LogP contribution in [0, 0.1) is 5.92 Å². The fourth-order valence-corrected chi connectivity index (χ4v) is 4.56. The SMILES string of the molecule is CC1CCCN(S(=O)(=O)c2ccc(CCl)c(Cl)c2)CC1. The predicted molar refractivity (Wildman–Crippen MR) is 82.8 cm³/mol. The summed E-state index contributed by atoms with van der Waals surface area (Å²) in [4.78, 5) is 0.255. The van der Waals surface area contributed by atoms with Gasteiger partial charge in [-0.3, -0.25) is 0 Å². The zero-order chi connectivity index (χ0) is 14.8. The van der Waals surface area contributed by atoms with E-state index in [1.165, 1.54) is 6.07 Å². The van der Waals surface area contributed by atoms with Crippen LogP contribution in [0.1, 0.15) is 31.7 Å². The quantitative estimate of drug-likeness (QED) is 0.786. The second-order valence-corrected chi connectivity index (χ2v) is 7.94. The van der Waals surface area contributed by atoms with Crippen molar-refractivity contribution in [1.29, 1.82) is 0 Å². The standard InChI is InChI=1S/C14H19Cl2NO2S/c1-11-3-2-7-17(8-6-11)20(18,19)13-5-4-12(10-15)14(16)9-13/h4-5,9,11H,2-3,6-8,10H2,1H3. The summed E-state index contributed by atoms with van der Waals surface area (Å²) in [5.41, 5.74) is 0.747. The molecule has 0 aliphatic carbocycles. The van der Waals surface area contributed by atoms with E-state index < -0.39 is 10.0 Å². The van der Waals surface area contributed by atoms with Crippen LogP contribution in [0.25, 0.3) is 0 Å². The molecular formula is C14H19Cl2NO2S. The van der Waals surface area contributed by atoms with Gasteiger partial charge in [-0.1, -0.05) is 24.6 Å². The average molecular weight is 336 g/mol. The van der Waals surface area contributed by atoms with Gasteiger partial charge in [0.15, 0.2) is 0 Å². The van der Waals surface area contributed by atoms with Gasteiger partial charge < -0.3 is 0 Å². The Hall–Kier alpha value is -0.290. The van der Waals surface area contributed by atoms with Crippen LogP contribution in [0.4, 0.5) is 0 Å². The molecule has 0 aromatic heterocycles. The zero-order valence-electron chi connectivity index (χ0n) is 11.5. The van der Waals surface area contributed by atoms with Crippen molar-refractivity contribution >= 4 is 33.2 Å². The van der Waals surface area contributed by atoms with Gasteiger partial charge in [-0.15, -0.1) is 11.6 Å². The lowest BCUT2D eigenvalue weighted by Gasteiger charge is -2.20. The second kappa shape index (κ2) is 6.65. The molecule has 1 atom stereocenters. The van der Waals surface area contributed by atoms with E-state index >= 15 is 0 Å². The van der Waals surface area contributed by atoms with Crippen LogP contribution >= 0.6 is 23.2 Å². The Kier molecular flexibility index (Phi) is 5.35. The van der Waals surface area contributed by atoms with E-state index in [9.17, 15) is 8.42 Å². The van der Waals surface area contributed by atoms with Gasteiger partial charge >= 0.3 is 0 Å². The number of halogens is 2. The number of benzene rings is 1. The third kappa shape index (κ3) is 3.48. The molecule has 0 N–H and O–H groups in total. The summed E-state index contributed by atoms with van der Waals surface area (Å²) >= 11 is 11.8. The fraction of sp³-hybridized carbons (Fsp3) is 0.571. The van der Waals surface area contributed by atoms with E-state index in [0.717, 1.165) is 24.8 Å². The Morgan fingerprint density at radius 3 is 2.70 bits per heavy atom. The van der Waals surface area contributed by atoms with Crippen LogP contribution in [0.2, 0.25) is 5.02 Å². The van der Waals surface area contributed by atoms with Crippen LogP contribution in [-0.4, -0.2) is 25.8 Å². The molecular weight excluding hydrogens is 317 g/mol. The summed E-state index contributed by atoms with van der Waals surface area (Å²) in [5, 5.41) is 0.407. The minimum Gasteiger partial charge on any atom is -0.207 e. The van der Waals surface area contributed by atoms with Gasteiger partial charge in [0.25, 0.3) is 0 Å². The number of hydrogen-bond donors (Lipinski definition) is 0. The van der Waals surface area contributed by atoms with Gasteiger partial charge in [0.2, 0.25) is 10.0 Å². The highest BCUT2D eigenvalue weighted by molar-refractivity contribution is 7.89. The molecule has 1 aliphatic heterocycles. The van der Waals surface area contributed by atoms with Crippen LogP contribution < -0.4 is 0 Å². The summed E-state index contributed by atoms with van der Waals surface area (Å²) in [6, 6.07) is 4.78. The van der Waals surface area contributed by atoms with Crippen molar-refractivity contribution in [1.82, 2.24) is 4.31 Å². The molecule has 1 unspecified atom stereocenters. The number of hydrogen-bond acceptors (Lipinski definition) is 2. The molecule has 1 aromatic carbocycles. The van der Waals surface area contributed by atoms with E-state index in [-0.39, 0.29) is 10.8 Å². The van der Waals surface area contributed by atoms with Gasteiger partial charge in [0, 0.05) is 24.0 Å². The van der Waals surface area contributed by atoms with Crippen molar-refractivity contribution in [2.45, 2.75) is 37.0 Å². The highest BCUT2D eigenvalue weighted by atomic mass is 35.5. The third-order valence-electron chi connectivity index (χ3n) is 3.78. The molecule has 1 heterocycles. The summed E-state index contributed by atoms with van der Waals surface area (Å²) in [7, 11) is -3.45. The normalized spacial score (nSPS) is 21.6. The summed E-state index contributed by atoms with van der Waals surface area (Å²) in [6.07, 6.45) is 2.90. The monoisotopic (exact) mass is 335 g/mol. The first-order valence-electron chi connectivity index (χ1n) is 6.79. The predicted octanol–water partition coefficient (Wildman–Crippen LogP) is 3.89. The van der Waals surface area contributed by atoms with Crippen molar-refractivity contribution in [2.24, 2.45) is 5.92 Å². The smallest absolute Gasteiger partial charge is 0.207 e. The van der Waals surface area contributed by atoms with E-state index in [0.29, 0.717) is 24.0 Å². The second-order valence-electron chi connectivity index (χ2n) is 5.33. The maximum atomic E-state index is 12.6. The lowest BCUT2D eigenvalue weighted by molar-refractivity contribution is 0.417. The van der Waals surface area contributed by atoms with Crippen LogP contribution in [0.15, 0.2) is 23.1 Å². The first-order valence-corrected chi connectivity index (χ1v) is 9.15. The minimum absolute atomic E-state index is 0.255. The van der Waals surface area contributed by atoms with Crippen molar-refractivity contribution in [3.05, 3.63) is 28.8 Å². The highest BCUT2D eigenvalue weighted by Gasteiger charge is 2.27. The van der Waals surface area contributed by atoms with E-state index in [2.05, 4.69) is 6.92 Å². The number of rotatable bonds is 3. The fourth-order valence-electron chi connectivity index (χ4n) is 2.42. The van der Waals surface area contributed by atoms with Gasteiger partial charge in [0.05, 0.1) is 4.90 Å². The average Bonchev–Trinajstić information content (AvgIpc) is 2.63. The molecule has 6 heteroatoms. The maximum Gasteiger partial charge on any atom is 0.243 e. The molecule has 0 saturated carbocycles. The maximum absolute atomic E-state index is 12.6. The van der Waals surface area contributed by atoms with Gasteiger partial charge in [-0.05, 0) is 42.9 Å². The Balaban J connectivity index is 2.27. The Labute approximate surface area is 130 Å². The Morgan fingerprint density at radius 1 is 1.30 bits per heavy atom. The number of alkyl halides is 1. The number of nitrogens with zero attached hydrogens (tertiary/aromatic N) is 1. The van der Waals surface area contributed by atoms with E-state index in [1.54, 1.807) is 16.4 Å². The van der Waals surface area contributed by atoms with Crippen LogP contribution in [0.3, 0.4) is 0 Å². The first kappa shape index (κ1) is 16.1. The topological polar surface area (TPSA) is 37.4 Å². The van der Waals surface area contributed by atoms with E-state index in [1.807, 2.05) is 0 Å². The molecule has 1 aromatic rings. The van der Waals surface area contributed by atoms with Crippen LogP contribution in [-0.2, 0) is 15.9 Å². The molecule has 0 amide bonds. The Morgan fingerprint density at radius 2 is 2.05 bits per heavy atom. The largest absolute Gasteiger partial charge is 0.243 e. The molecule has 1 fully saturated rings. The van der Waals surface area contributed by atoms with Crippen molar-refractivity contribution in [3.8, 4) is 0 Å². The Bertz CT molecular complexity index is 575. The lowest BCUT2D eigenvalue weighted by atomic mass is 10.0. The zero-order valence-corrected chi connectivity index (χ0v) is 13.8. The molecule has 2 rings (SSSR count). The summed E-state index contributed by atoms with van der Waals surface area (Å²) in [6.45, 7) is 3.34. The van der Waals surface area contributed by atoms with Crippen molar-refractivity contribution in [2.75, 3.05) is 13.1 Å². The highest BCUT2D eigenvalue weighted by Crippen LogP contribution is 2.26. The van der Waals surface area contributed by atoms with E-state index in [4.69, 9.17) is 23.2 Å². The molecule has 0 radical (unpaired) electrons. The lowest BCUT2D eigenvalue weighted by Crippen LogP contribution is -2.32. The van der Waals surface area contributed by atoms with Gasteiger partial charge in [-0.2, -0.15) is 4.31 Å². The molecule has 20 heavy (non-hydrogen) atoms. The third-order valence-corrected chi connectivity index (χ3v) is 6.32. The molecule has 0 spiro atoms. The molecule has 1 saturated heterocycles. The molecule has 112 valence electrons. The molecule has 1 aliphatic rings. The summed E-state index contributed by atoms with van der Waals surface area (Å²) < 4.78 is 26.8. The first-order chi connectivity index (χ1) is 9.45.